The zero-order valence-electron chi connectivity index (χ0n) is 20.1. The summed E-state index contributed by atoms with van der Waals surface area (Å²) >= 11 is 0. The Kier molecular flexibility index (Phi) is 9.27. The number of carbonyl (C=O) groups excluding carboxylic acids is 1. The molecule has 0 bridgehead atoms. The van der Waals surface area contributed by atoms with Crippen molar-refractivity contribution in [3.63, 3.8) is 0 Å². The van der Waals surface area contributed by atoms with Crippen LogP contribution in [0.25, 0.3) is 22.2 Å². The van der Waals surface area contributed by atoms with E-state index in [-0.39, 0.29) is 5.91 Å². The van der Waals surface area contributed by atoms with E-state index in [1.807, 2.05) is 30.3 Å². The molecule has 0 aliphatic carbocycles. The van der Waals surface area contributed by atoms with E-state index in [0.717, 1.165) is 53.7 Å². The highest BCUT2D eigenvalue weighted by Crippen LogP contribution is 2.26. The van der Waals surface area contributed by atoms with Crippen molar-refractivity contribution in [1.82, 2.24) is 9.88 Å². The maximum atomic E-state index is 13.8. The second kappa shape index (κ2) is 12.4. The molecule has 0 radical (unpaired) electrons. The summed E-state index contributed by atoms with van der Waals surface area (Å²) < 4.78 is 0. The second-order valence-electron chi connectivity index (χ2n) is 8.85. The van der Waals surface area contributed by atoms with Gasteiger partial charge in [-0.15, -0.1) is 0 Å². The number of unbranched alkanes of at least 4 members (excludes halogenated alkanes) is 6. The van der Waals surface area contributed by atoms with Gasteiger partial charge in [0.25, 0.3) is 5.91 Å². The van der Waals surface area contributed by atoms with Crippen molar-refractivity contribution in [2.24, 2.45) is 0 Å². The number of pyridine rings is 1. The molecule has 0 spiro atoms. The van der Waals surface area contributed by atoms with Crippen molar-refractivity contribution in [3.8, 4) is 11.3 Å². The van der Waals surface area contributed by atoms with Crippen LogP contribution >= 0.6 is 0 Å². The molecular weight excluding hydrogens is 392 g/mol. The van der Waals surface area contributed by atoms with Crippen molar-refractivity contribution in [2.45, 2.75) is 72.1 Å². The van der Waals surface area contributed by atoms with Crippen LogP contribution in [-0.4, -0.2) is 28.9 Å². The summed E-state index contributed by atoms with van der Waals surface area (Å²) in [7, 11) is 0. The first kappa shape index (κ1) is 24.0. The molecule has 0 fully saturated rings. The van der Waals surface area contributed by atoms with E-state index < -0.39 is 0 Å². The predicted molar refractivity (Wildman–Crippen MR) is 136 cm³/mol. The fourth-order valence-electron chi connectivity index (χ4n) is 4.17. The zero-order chi connectivity index (χ0) is 22.8. The van der Waals surface area contributed by atoms with Crippen LogP contribution in [-0.2, 0) is 0 Å². The summed E-state index contributed by atoms with van der Waals surface area (Å²) in [5.74, 6) is 0.143. The number of para-hydroxylation sites is 1. The minimum absolute atomic E-state index is 0.143. The lowest BCUT2D eigenvalue weighted by Gasteiger charge is -2.24. The molecule has 0 aliphatic heterocycles. The summed E-state index contributed by atoms with van der Waals surface area (Å²) in [6.45, 7) is 8.21. The van der Waals surface area contributed by atoms with Gasteiger partial charge in [0.15, 0.2) is 0 Å². The number of hydrogen-bond acceptors (Lipinski definition) is 2. The van der Waals surface area contributed by atoms with Gasteiger partial charge < -0.3 is 4.90 Å². The molecule has 1 aromatic heterocycles. The average molecular weight is 431 g/mol. The third kappa shape index (κ3) is 6.41. The van der Waals surface area contributed by atoms with Crippen LogP contribution in [0, 0.1) is 6.92 Å². The fourth-order valence-corrected chi connectivity index (χ4v) is 4.17. The van der Waals surface area contributed by atoms with Gasteiger partial charge in [0.05, 0.1) is 16.8 Å². The van der Waals surface area contributed by atoms with Gasteiger partial charge in [-0.3, -0.25) is 4.79 Å². The Labute approximate surface area is 193 Å². The highest BCUT2D eigenvalue weighted by atomic mass is 16.2. The van der Waals surface area contributed by atoms with Crippen LogP contribution in [0.1, 0.15) is 81.1 Å². The van der Waals surface area contributed by atoms with Crippen molar-refractivity contribution in [3.05, 3.63) is 65.7 Å². The Hall–Kier alpha value is -2.68. The van der Waals surface area contributed by atoms with E-state index in [0.29, 0.717) is 0 Å². The SMILES string of the molecule is CCCCCCN(CCCCCC)C(=O)c1cc(-c2ccc(C)cc2)nc2ccccc12. The second-order valence-corrected chi connectivity index (χ2v) is 8.85. The van der Waals surface area contributed by atoms with Crippen LogP contribution in [0.15, 0.2) is 54.6 Å². The molecule has 0 saturated carbocycles. The van der Waals surface area contributed by atoms with Crippen LogP contribution in [0.3, 0.4) is 0 Å². The van der Waals surface area contributed by atoms with Gasteiger partial charge in [0, 0.05) is 24.0 Å². The van der Waals surface area contributed by atoms with Crippen molar-refractivity contribution in [1.29, 1.82) is 0 Å². The number of rotatable bonds is 12. The van der Waals surface area contributed by atoms with E-state index >= 15 is 0 Å². The lowest BCUT2D eigenvalue weighted by molar-refractivity contribution is 0.0751. The van der Waals surface area contributed by atoms with Crippen molar-refractivity contribution < 1.29 is 4.79 Å². The van der Waals surface area contributed by atoms with Crippen LogP contribution in [0.2, 0.25) is 0 Å². The number of amides is 1. The Morgan fingerprint density at radius 1 is 0.812 bits per heavy atom. The molecule has 32 heavy (non-hydrogen) atoms. The summed E-state index contributed by atoms with van der Waals surface area (Å²) in [5.41, 5.74) is 4.79. The van der Waals surface area contributed by atoms with Gasteiger partial charge >= 0.3 is 0 Å². The van der Waals surface area contributed by atoms with Crippen LogP contribution in [0.4, 0.5) is 0 Å². The molecule has 3 nitrogen and oxygen atoms in total. The third-order valence-corrected chi connectivity index (χ3v) is 6.14. The lowest BCUT2D eigenvalue weighted by atomic mass is 10.0. The molecule has 0 saturated heterocycles. The fraction of sp³-hybridized carbons (Fsp3) is 0.448. The summed E-state index contributed by atoms with van der Waals surface area (Å²) in [5, 5.41) is 0.945. The first-order valence-corrected chi connectivity index (χ1v) is 12.4. The first-order chi connectivity index (χ1) is 15.6. The number of carbonyl (C=O) groups is 1. The highest BCUT2D eigenvalue weighted by molar-refractivity contribution is 6.07. The van der Waals surface area contributed by atoms with Gasteiger partial charge in [-0.1, -0.05) is 100 Å². The van der Waals surface area contributed by atoms with E-state index in [4.69, 9.17) is 4.98 Å². The first-order valence-electron chi connectivity index (χ1n) is 12.4. The zero-order valence-corrected chi connectivity index (χ0v) is 20.1. The molecule has 2 aromatic carbocycles. The molecular formula is C29H38N2O. The molecule has 1 amide bonds. The molecule has 0 unspecified atom stereocenters. The maximum absolute atomic E-state index is 13.8. The van der Waals surface area contributed by atoms with Gasteiger partial charge in [-0.05, 0) is 31.9 Å². The molecule has 170 valence electrons. The Morgan fingerprint density at radius 3 is 2.06 bits per heavy atom. The Balaban J connectivity index is 1.93. The predicted octanol–water partition coefficient (Wildman–Crippen LogP) is 7.81. The van der Waals surface area contributed by atoms with Gasteiger partial charge in [0.2, 0.25) is 0 Å². The number of benzene rings is 2. The normalized spacial score (nSPS) is 11.1. The van der Waals surface area contributed by atoms with Crippen LogP contribution < -0.4 is 0 Å². The Morgan fingerprint density at radius 2 is 1.44 bits per heavy atom. The third-order valence-electron chi connectivity index (χ3n) is 6.14. The topological polar surface area (TPSA) is 33.2 Å². The molecule has 0 N–H and O–H groups in total. The summed E-state index contributed by atoms with van der Waals surface area (Å²) in [6.07, 6.45) is 9.38. The number of hydrogen-bond donors (Lipinski definition) is 0. The molecule has 0 aliphatic rings. The number of nitrogens with zero attached hydrogens (tertiary/aromatic N) is 2. The Bertz CT molecular complexity index is 982. The maximum Gasteiger partial charge on any atom is 0.254 e. The minimum Gasteiger partial charge on any atom is -0.339 e. The van der Waals surface area contributed by atoms with Crippen molar-refractivity contribution in [2.75, 3.05) is 13.1 Å². The summed E-state index contributed by atoms with van der Waals surface area (Å²) in [6, 6.07) is 18.4. The van der Waals surface area contributed by atoms with E-state index in [1.165, 1.54) is 44.1 Å². The molecule has 3 aromatic rings. The number of aryl methyl sites for hydroxylation is 1. The van der Waals surface area contributed by atoms with Crippen molar-refractivity contribution >= 4 is 16.8 Å². The largest absolute Gasteiger partial charge is 0.339 e. The van der Waals surface area contributed by atoms with Gasteiger partial charge in [-0.2, -0.15) is 0 Å². The quantitative estimate of drug-likeness (QED) is 0.274. The molecule has 3 rings (SSSR count). The van der Waals surface area contributed by atoms with E-state index in [1.54, 1.807) is 0 Å². The van der Waals surface area contributed by atoms with Gasteiger partial charge in [0.1, 0.15) is 0 Å². The van der Waals surface area contributed by atoms with E-state index in [9.17, 15) is 4.79 Å². The minimum atomic E-state index is 0.143. The van der Waals surface area contributed by atoms with Crippen LogP contribution in [0.5, 0.6) is 0 Å². The monoisotopic (exact) mass is 430 g/mol. The molecule has 0 atom stereocenters. The summed E-state index contributed by atoms with van der Waals surface area (Å²) in [4.78, 5) is 20.8. The molecule has 1 heterocycles. The molecule has 3 heteroatoms. The van der Waals surface area contributed by atoms with Gasteiger partial charge in [-0.25, -0.2) is 4.98 Å². The highest BCUT2D eigenvalue weighted by Gasteiger charge is 2.19. The smallest absolute Gasteiger partial charge is 0.254 e. The number of fused-ring (bicyclic) bond motifs is 1. The average Bonchev–Trinajstić information content (AvgIpc) is 2.82. The standard InChI is InChI=1S/C29H38N2O/c1-4-6-8-12-20-31(21-13-9-7-5-2)29(32)26-22-28(24-18-16-23(3)17-19-24)30-27-15-11-10-14-25(26)27/h10-11,14-19,22H,4-9,12-13,20-21H2,1-3H3. The number of aromatic nitrogens is 1. The lowest BCUT2D eigenvalue weighted by Crippen LogP contribution is -2.33. The van der Waals surface area contributed by atoms with E-state index in [2.05, 4.69) is 49.9 Å².